The average molecular weight is 236 g/mol. The number of likely N-dealkylation sites (N-methyl/N-ethyl adjacent to an activating group) is 1. The number of β-amino-alcohol motifs (C(OH)–C–C–N with tert-alkyl or cyclic N) is 1. The number of hydrogen-bond donors (Lipinski definition) is 2. The van der Waals surface area contributed by atoms with Crippen LogP contribution in [0.25, 0.3) is 0 Å². The number of sulfonamides is 1. The fourth-order valence-corrected chi connectivity index (χ4v) is 2.87. The van der Waals surface area contributed by atoms with Crippen molar-refractivity contribution >= 4 is 10.0 Å². The third-order valence-electron chi connectivity index (χ3n) is 2.77. The molecule has 1 unspecified atom stereocenters. The predicted molar refractivity (Wildman–Crippen MR) is 59.1 cm³/mol. The van der Waals surface area contributed by atoms with Crippen molar-refractivity contribution in [1.29, 1.82) is 0 Å². The van der Waals surface area contributed by atoms with Crippen LogP contribution in [0.4, 0.5) is 0 Å². The number of nitrogens with one attached hydrogen (secondary N) is 1. The summed E-state index contributed by atoms with van der Waals surface area (Å²) in [6.07, 6.45) is 0.602. The van der Waals surface area contributed by atoms with E-state index in [0.29, 0.717) is 13.0 Å². The maximum atomic E-state index is 11.8. The normalized spacial score (nSPS) is 27.9. The van der Waals surface area contributed by atoms with Crippen molar-refractivity contribution in [2.45, 2.75) is 31.1 Å². The van der Waals surface area contributed by atoms with Crippen LogP contribution in [0.2, 0.25) is 0 Å². The minimum Gasteiger partial charge on any atom is -0.387 e. The van der Waals surface area contributed by atoms with Gasteiger partial charge in [-0.2, -0.15) is 0 Å². The van der Waals surface area contributed by atoms with Crippen molar-refractivity contribution < 1.29 is 13.5 Å². The molecule has 0 aliphatic carbocycles. The third-order valence-corrected chi connectivity index (χ3v) is 4.96. The standard InChI is InChI=1S/C9H20N2O3S/c1-8(2)15(13,14)11(3)7-9(12)4-5-10-6-9/h8,10,12H,4-7H2,1-3H3. The minimum atomic E-state index is -3.26. The van der Waals surface area contributed by atoms with Crippen LogP contribution in [-0.2, 0) is 10.0 Å². The van der Waals surface area contributed by atoms with Gasteiger partial charge in [-0.15, -0.1) is 0 Å². The van der Waals surface area contributed by atoms with Crippen molar-refractivity contribution in [3.8, 4) is 0 Å². The summed E-state index contributed by atoms with van der Waals surface area (Å²) in [5.41, 5.74) is -0.906. The van der Waals surface area contributed by atoms with Crippen LogP contribution in [-0.4, -0.2) is 55.4 Å². The van der Waals surface area contributed by atoms with Crippen LogP contribution in [0.1, 0.15) is 20.3 Å². The lowest BCUT2D eigenvalue weighted by Gasteiger charge is -2.28. The van der Waals surface area contributed by atoms with E-state index in [-0.39, 0.29) is 6.54 Å². The molecule has 6 heteroatoms. The molecule has 0 aromatic carbocycles. The van der Waals surface area contributed by atoms with Crippen molar-refractivity contribution in [3.05, 3.63) is 0 Å². The predicted octanol–water partition coefficient (Wildman–Crippen LogP) is -0.619. The number of hydrogen-bond acceptors (Lipinski definition) is 4. The van der Waals surface area contributed by atoms with Crippen molar-refractivity contribution in [1.82, 2.24) is 9.62 Å². The first-order valence-corrected chi connectivity index (χ1v) is 6.66. The molecule has 0 amide bonds. The van der Waals surface area contributed by atoms with E-state index in [0.717, 1.165) is 6.54 Å². The summed E-state index contributed by atoms with van der Waals surface area (Å²) in [5, 5.41) is 12.6. The van der Waals surface area contributed by atoms with Crippen LogP contribution in [0.15, 0.2) is 0 Å². The summed E-state index contributed by atoms with van der Waals surface area (Å²) in [6.45, 7) is 4.66. The van der Waals surface area contributed by atoms with E-state index in [1.54, 1.807) is 13.8 Å². The Balaban J connectivity index is 2.66. The zero-order chi connectivity index (χ0) is 11.7. The van der Waals surface area contributed by atoms with Crippen molar-refractivity contribution in [3.63, 3.8) is 0 Å². The first-order valence-electron chi connectivity index (χ1n) is 5.16. The Morgan fingerprint density at radius 2 is 2.13 bits per heavy atom. The molecule has 1 aliphatic heterocycles. The average Bonchev–Trinajstić information content (AvgIpc) is 2.51. The molecular weight excluding hydrogens is 216 g/mol. The number of rotatable bonds is 4. The molecule has 90 valence electrons. The molecule has 15 heavy (non-hydrogen) atoms. The van der Waals surface area contributed by atoms with E-state index in [2.05, 4.69) is 5.32 Å². The molecule has 0 radical (unpaired) electrons. The van der Waals surface area contributed by atoms with E-state index in [9.17, 15) is 13.5 Å². The lowest BCUT2D eigenvalue weighted by molar-refractivity contribution is 0.0461. The smallest absolute Gasteiger partial charge is 0.216 e. The SMILES string of the molecule is CC(C)S(=O)(=O)N(C)CC1(O)CCNC1. The molecule has 0 spiro atoms. The summed E-state index contributed by atoms with van der Waals surface area (Å²) in [4.78, 5) is 0. The minimum absolute atomic E-state index is 0.167. The van der Waals surface area contributed by atoms with Crippen LogP contribution in [0.5, 0.6) is 0 Å². The zero-order valence-electron chi connectivity index (χ0n) is 9.52. The van der Waals surface area contributed by atoms with Gasteiger partial charge in [-0.3, -0.25) is 0 Å². The van der Waals surface area contributed by atoms with Crippen molar-refractivity contribution in [2.75, 3.05) is 26.7 Å². The second kappa shape index (κ2) is 4.37. The third kappa shape index (κ3) is 2.90. The van der Waals surface area contributed by atoms with E-state index in [1.807, 2.05) is 0 Å². The van der Waals surface area contributed by atoms with Gasteiger partial charge in [-0.1, -0.05) is 0 Å². The first kappa shape index (κ1) is 12.9. The van der Waals surface area contributed by atoms with Gasteiger partial charge >= 0.3 is 0 Å². The van der Waals surface area contributed by atoms with Gasteiger partial charge in [-0.25, -0.2) is 12.7 Å². The molecule has 0 aromatic rings. The highest BCUT2D eigenvalue weighted by atomic mass is 32.2. The van der Waals surface area contributed by atoms with E-state index >= 15 is 0 Å². The van der Waals surface area contributed by atoms with Crippen LogP contribution < -0.4 is 5.32 Å². The molecule has 1 heterocycles. The summed E-state index contributed by atoms with van der Waals surface area (Å²) in [5.74, 6) is 0. The number of aliphatic hydroxyl groups is 1. The van der Waals surface area contributed by atoms with Crippen molar-refractivity contribution in [2.24, 2.45) is 0 Å². The van der Waals surface area contributed by atoms with Gasteiger partial charge in [0, 0.05) is 20.1 Å². The van der Waals surface area contributed by atoms with Crippen LogP contribution in [0.3, 0.4) is 0 Å². The van der Waals surface area contributed by atoms with Gasteiger partial charge in [-0.05, 0) is 26.8 Å². The Kier molecular flexibility index (Phi) is 3.76. The Labute approximate surface area is 91.5 Å². The maximum Gasteiger partial charge on any atom is 0.216 e. The van der Waals surface area contributed by atoms with E-state index in [4.69, 9.17) is 0 Å². The highest BCUT2D eigenvalue weighted by molar-refractivity contribution is 7.89. The lowest BCUT2D eigenvalue weighted by Crippen LogP contribution is -2.46. The van der Waals surface area contributed by atoms with E-state index < -0.39 is 20.9 Å². The maximum absolute atomic E-state index is 11.8. The topological polar surface area (TPSA) is 69.6 Å². The summed E-state index contributed by atoms with van der Waals surface area (Å²) >= 11 is 0. The Bertz CT molecular complexity index is 307. The molecule has 5 nitrogen and oxygen atoms in total. The number of nitrogens with zero attached hydrogens (tertiary/aromatic N) is 1. The van der Waals surface area contributed by atoms with Gasteiger partial charge in [0.2, 0.25) is 10.0 Å². The molecule has 2 N–H and O–H groups in total. The van der Waals surface area contributed by atoms with Gasteiger partial charge in [0.1, 0.15) is 0 Å². The first-order chi connectivity index (χ1) is 6.78. The molecule has 0 aromatic heterocycles. The van der Waals surface area contributed by atoms with Gasteiger partial charge in [0.25, 0.3) is 0 Å². The second-order valence-corrected chi connectivity index (χ2v) is 7.10. The quantitative estimate of drug-likeness (QED) is 0.682. The summed E-state index contributed by atoms with van der Waals surface area (Å²) in [6, 6.07) is 0. The highest BCUT2D eigenvalue weighted by Crippen LogP contribution is 2.18. The van der Waals surface area contributed by atoms with Gasteiger partial charge in [0.15, 0.2) is 0 Å². The fraction of sp³-hybridized carbons (Fsp3) is 1.00. The molecular formula is C9H20N2O3S. The highest BCUT2D eigenvalue weighted by Gasteiger charge is 2.35. The summed E-state index contributed by atoms with van der Waals surface area (Å²) in [7, 11) is -1.74. The van der Waals surface area contributed by atoms with Crippen LogP contribution >= 0.6 is 0 Å². The Morgan fingerprint density at radius 3 is 2.53 bits per heavy atom. The Morgan fingerprint density at radius 1 is 1.53 bits per heavy atom. The zero-order valence-corrected chi connectivity index (χ0v) is 10.3. The van der Waals surface area contributed by atoms with Crippen LogP contribution in [0, 0.1) is 0 Å². The van der Waals surface area contributed by atoms with Gasteiger partial charge < -0.3 is 10.4 Å². The molecule has 1 fully saturated rings. The Hall–Kier alpha value is -0.170. The lowest BCUT2D eigenvalue weighted by atomic mass is 10.0. The molecule has 0 bridgehead atoms. The van der Waals surface area contributed by atoms with E-state index in [1.165, 1.54) is 11.4 Å². The molecule has 1 aliphatic rings. The molecule has 1 atom stereocenters. The largest absolute Gasteiger partial charge is 0.387 e. The second-order valence-electron chi connectivity index (χ2n) is 4.50. The van der Waals surface area contributed by atoms with Gasteiger partial charge in [0.05, 0.1) is 10.9 Å². The molecule has 1 saturated heterocycles. The molecule has 0 saturated carbocycles. The molecule has 1 rings (SSSR count). The monoisotopic (exact) mass is 236 g/mol. The summed E-state index contributed by atoms with van der Waals surface area (Å²) < 4.78 is 24.8. The fourth-order valence-electron chi connectivity index (χ4n) is 1.73.